The molecule has 2 unspecified atom stereocenters. The van der Waals surface area contributed by atoms with Gasteiger partial charge in [0.25, 0.3) is 0 Å². The second-order valence-electron chi connectivity index (χ2n) is 5.29. The van der Waals surface area contributed by atoms with Crippen molar-refractivity contribution in [3.63, 3.8) is 0 Å². The summed E-state index contributed by atoms with van der Waals surface area (Å²) in [6.07, 6.45) is 1.11. The topological polar surface area (TPSA) is 43.6 Å². The molecule has 1 N–H and O–H groups in total. The van der Waals surface area contributed by atoms with E-state index in [4.69, 9.17) is 13.9 Å². The second-order valence-corrected chi connectivity index (χ2v) is 5.29. The Morgan fingerprint density at radius 3 is 3.05 bits per heavy atom. The fourth-order valence-corrected chi connectivity index (χ4v) is 2.55. The van der Waals surface area contributed by atoms with E-state index in [0.29, 0.717) is 12.5 Å². The number of nitrogens with one attached hydrogen (secondary N) is 1. The molecule has 0 amide bonds. The molecule has 0 bridgehead atoms. The molecule has 1 aliphatic rings. The van der Waals surface area contributed by atoms with Gasteiger partial charge in [-0.1, -0.05) is 18.2 Å². The van der Waals surface area contributed by atoms with Gasteiger partial charge in [-0.3, -0.25) is 0 Å². The number of rotatable bonds is 6. The summed E-state index contributed by atoms with van der Waals surface area (Å²) in [7, 11) is 1.93. The predicted octanol–water partition coefficient (Wildman–Crippen LogP) is 2.75. The van der Waals surface area contributed by atoms with E-state index >= 15 is 0 Å². The van der Waals surface area contributed by atoms with Gasteiger partial charge in [-0.25, -0.2) is 0 Å². The Kier molecular flexibility index (Phi) is 4.35. The smallest absolute Gasteiger partial charge is 0.134 e. The van der Waals surface area contributed by atoms with Crippen molar-refractivity contribution < 1.29 is 13.9 Å². The van der Waals surface area contributed by atoms with E-state index in [0.717, 1.165) is 43.0 Å². The highest BCUT2D eigenvalue weighted by Gasteiger charge is 2.18. The summed E-state index contributed by atoms with van der Waals surface area (Å²) in [6.45, 7) is 3.08. The molecular weight excluding hydrogens is 254 g/mol. The number of likely N-dealkylation sites (N-methyl/N-ethyl adjacent to an activating group) is 1. The van der Waals surface area contributed by atoms with Crippen LogP contribution in [0.1, 0.15) is 18.2 Å². The molecule has 0 saturated carbocycles. The number of hydrogen-bond donors (Lipinski definition) is 1. The van der Waals surface area contributed by atoms with Crippen LogP contribution in [0, 0.1) is 5.92 Å². The molecule has 0 spiro atoms. The molecule has 0 radical (unpaired) electrons. The summed E-state index contributed by atoms with van der Waals surface area (Å²) < 4.78 is 17.0. The summed E-state index contributed by atoms with van der Waals surface area (Å²) in [5.41, 5.74) is 0.923. The van der Waals surface area contributed by atoms with E-state index in [1.807, 2.05) is 25.2 Å². The zero-order chi connectivity index (χ0) is 13.8. The molecule has 1 saturated heterocycles. The summed E-state index contributed by atoms with van der Waals surface area (Å²) in [5.74, 6) is 1.47. The minimum Gasteiger partial charge on any atom is -0.459 e. The average molecular weight is 275 g/mol. The van der Waals surface area contributed by atoms with Gasteiger partial charge in [0.1, 0.15) is 11.3 Å². The van der Waals surface area contributed by atoms with Crippen molar-refractivity contribution in [2.45, 2.75) is 12.5 Å². The Morgan fingerprint density at radius 2 is 2.30 bits per heavy atom. The standard InChI is InChI=1S/C16H21NO3/c1-17-14(11-19-10-12-6-7-18-9-12)16-8-13-4-2-3-5-15(13)20-16/h2-5,8,12,14,17H,6-7,9-11H2,1H3. The monoisotopic (exact) mass is 275 g/mol. The molecule has 20 heavy (non-hydrogen) atoms. The summed E-state index contributed by atoms with van der Waals surface area (Å²) >= 11 is 0. The van der Waals surface area contributed by atoms with Gasteiger partial charge in [-0.2, -0.15) is 0 Å². The van der Waals surface area contributed by atoms with Crippen molar-refractivity contribution >= 4 is 11.0 Å². The van der Waals surface area contributed by atoms with Gasteiger partial charge in [0.15, 0.2) is 0 Å². The lowest BCUT2D eigenvalue weighted by molar-refractivity contribution is 0.0722. The van der Waals surface area contributed by atoms with Crippen LogP contribution in [0.25, 0.3) is 11.0 Å². The maximum Gasteiger partial charge on any atom is 0.134 e. The highest BCUT2D eigenvalue weighted by molar-refractivity contribution is 5.77. The third kappa shape index (κ3) is 3.03. The van der Waals surface area contributed by atoms with E-state index in [1.165, 1.54) is 0 Å². The van der Waals surface area contributed by atoms with E-state index in [9.17, 15) is 0 Å². The van der Waals surface area contributed by atoms with Gasteiger partial charge in [-0.05, 0) is 25.6 Å². The third-order valence-electron chi connectivity index (χ3n) is 3.80. The lowest BCUT2D eigenvalue weighted by Crippen LogP contribution is -2.23. The lowest BCUT2D eigenvalue weighted by atomic mass is 10.1. The first kappa shape index (κ1) is 13.6. The lowest BCUT2D eigenvalue weighted by Gasteiger charge is -2.15. The normalized spacial score (nSPS) is 20.6. The zero-order valence-corrected chi connectivity index (χ0v) is 11.8. The second kappa shape index (κ2) is 6.39. The van der Waals surface area contributed by atoms with Gasteiger partial charge < -0.3 is 19.2 Å². The predicted molar refractivity (Wildman–Crippen MR) is 77.8 cm³/mol. The van der Waals surface area contributed by atoms with Gasteiger partial charge in [0.05, 0.1) is 25.9 Å². The Labute approximate surface area is 119 Å². The van der Waals surface area contributed by atoms with E-state index in [-0.39, 0.29) is 6.04 Å². The zero-order valence-electron chi connectivity index (χ0n) is 11.8. The Morgan fingerprint density at radius 1 is 1.40 bits per heavy atom. The van der Waals surface area contributed by atoms with Crippen LogP contribution in [-0.2, 0) is 9.47 Å². The van der Waals surface area contributed by atoms with Crippen LogP contribution in [0.5, 0.6) is 0 Å². The summed E-state index contributed by atoms with van der Waals surface area (Å²) in [4.78, 5) is 0. The van der Waals surface area contributed by atoms with Gasteiger partial charge in [0, 0.05) is 17.9 Å². The van der Waals surface area contributed by atoms with Crippen LogP contribution in [0.2, 0.25) is 0 Å². The average Bonchev–Trinajstić information content (AvgIpc) is 3.12. The molecule has 2 aromatic rings. The minimum atomic E-state index is 0.0877. The van der Waals surface area contributed by atoms with Crippen molar-refractivity contribution in [3.05, 3.63) is 36.1 Å². The number of benzene rings is 1. The SMILES string of the molecule is CNC(COCC1CCOC1)c1cc2ccccc2o1. The highest BCUT2D eigenvalue weighted by Crippen LogP contribution is 2.24. The molecule has 0 aliphatic carbocycles. The van der Waals surface area contributed by atoms with Crippen LogP contribution in [-0.4, -0.2) is 33.5 Å². The maximum absolute atomic E-state index is 5.88. The minimum absolute atomic E-state index is 0.0877. The molecule has 108 valence electrons. The molecule has 3 rings (SSSR count). The van der Waals surface area contributed by atoms with E-state index in [1.54, 1.807) is 0 Å². The number of furan rings is 1. The molecule has 1 aromatic heterocycles. The van der Waals surface area contributed by atoms with Crippen LogP contribution in [0.3, 0.4) is 0 Å². The third-order valence-corrected chi connectivity index (χ3v) is 3.80. The molecule has 4 nitrogen and oxygen atoms in total. The molecule has 2 atom stereocenters. The molecular formula is C16H21NO3. The Bertz CT molecular complexity index is 512. The van der Waals surface area contributed by atoms with Crippen LogP contribution < -0.4 is 5.32 Å². The Hall–Kier alpha value is -1.36. The van der Waals surface area contributed by atoms with Crippen molar-refractivity contribution in [3.8, 4) is 0 Å². The van der Waals surface area contributed by atoms with Gasteiger partial charge >= 0.3 is 0 Å². The van der Waals surface area contributed by atoms with Gasteiger partial charge in [0.2, 0.25) is 0 Å². The Balaban J connectivity index is 1.60. The van der Waals surface area contributed by atoms with E-state index in [2.05, 4.69) is 17.4 Å². The maximum atomic E-state index is 5.88. The van der Waals surface area contributed by atoms with E-state index < -0.39 is 0 Å². The number of ether oxygens (including phenoxy) is 2. The largest absolute Gasteiger partial charge is 0.459 e. The molecule has 1 fully saturated rings. The van der Waals surface area contributed by atoms with Crippen molar-refractivity contribution in [2.75, 3.05) is 33.5 Å². The highest BCUT2D eigenvalue weighted by atomic mass is 16.5. The molecule has 1 aromatic carbocycles. The van der Waals surface area contributed by atoms with Crippen molar-refractivity contribution in [1.29, 1.82) is 0 Å². The molecule has 2 heterocycles. The van der Waals surface area contributed by atoms with Crippen LogP contribution >= 0.6 is 0 Å². The fourth-order valence-electron chi connectivity index (χ4n) is 2.55. The fraction of sp³-hybridized carbons (Fsp3) is 0.500. The van der Waals surface area contributed by atoms with Crippen LogP contribution in [0.4, 0.5) is 0 Å². The quantitative estimate of drug-likeness (QED) is 0.880. The first-order valence-corrected chi connectivity index (χ1v) is 7.18. The molecule has 1 aliphatic heterocycles. The van der Waals surface area contributed by atoms with Crippen LogP contribution in [0.15, 0.2) is 34.7 Å². The van der Waals surface area contributed by atoms with Gasteiger partial charge in [-0.15, -0.1) is 0 Å². The number of hydrogen-bond acceptors (Lipinski definition) is 4. The first-order valence-electron chi connectivity index (χ1n) is 7.18. The summed E-state index contributed by atoms with van der Waals surface area (Å²) in [6, 6.07) is 10.2. The van der Waals surface area contributed by atoms with Crippen molar-refractivity contribution in [2.24, 2.45) is 5.92 Å². The number of fused-ring (bicyclic) bond motifs is 1. The molecule has 4 heteroatoms. The van der Waals surface area contributed by atoms with Crippen molar-refractivity contribution in [1.82, 2.24) is 5.32 Å². The number of para-hydroxylation sites is 1. The first-order chi connectivity index (χ1) is 9.86. The summed E-state index contributed by atoms with van der Waals surface area (Å²) in [5, 5.41) is 4.39.